The maximum absolute atomic E-state index is 12.5. The van der Waals surface area contributed by atoms with Crippen LogP contribution in [0.25, 0.3) is 11.1 Å². The molecule has 3 aromatic carbocycles. The predicted octanol–water partition coefficient (Wildman–Crippen LogP) is 3.77. The normalized spacial score (nSPS) is 13.3. The van der Waals surface area contributed by atoms with Crippen LogP contribution in [0.5, 0.6) is 5.75 Å². The molecule has 0 atom stereocenters. The Hall–Kier alpha value is -3.82. The molecular formula is C25H22N2O4. The molecule has 1 aliphatic rings. The van der Waals surface area contributed by atoms with E-state index in [1.807, 2.05) is 48.5 Å². The average Bonchev–Trinajstić information content (AvgIpc) is 2.80. The lowest BCUT2D eigenvalue weighted by molar-refractivity contribution is 0.0601. The first kappa shape index (κ1) is 20.5. The summed E-state index contributed by atoms with van der Waals surface area (Å²) in [5.41, 5.74) is 4.26. The number of carbonyl (C=O) groups is 1. The van der Waals surface area contributed by atoms with Crippen LogP contribution in [0.2, 0.25) is 0 Å². The number of hydrogen-bond donors (Lipinski definition) is 1. The molecule has 156 valence electrons. The predicted molar refractivity (Wildman–Crippen MR) is 117 cm³/mol. The lowest BCUT2D eigenvalue weighted by Gasteiger charge is -2.42. The number of nitriles is 1. The van der Waals surface area contributed by atoms with Gasteiger partial charge in [-0.25, -0.2) is 4.79 Å². The van der Waals surface area contributed by atoms with Crippen LogP contribution in [0.3, 0.4) is 0 Å². The number of aliphatic hydroxyl groups is 1. The molecule has 0 unspecified atom stereocenters. The molecule has 0 radical (unpaired) electrons. The van der Waals surface area contributed by atoms with E-state index in [9.17, 15) is 10.1 Å². The first-order valence-corrected chi connectivity index (χ1v) is 9.96. The highest BCUT2D eigenvalue weighted by Gasteiger charge is 2.32. The highest BCUT2D eigenvalue weighted by molar-refractivity contribution is 6.01. The molecule has 6 heteroatoms. The fourth-order valence-corrected chi connectivity index (χ4v) is 3.71. The van der Waals surface area contributed by atoms with Crippen molar-refractivity contribution in [3.05, 3.63) is 83.4 Å². The van der Waals surface area contributed by atoms with Crippen molar-refractivity contribution >= 4 is 11.7 Å². The van der Waals surface area contributed by atoms with Crippen LogP contribution in [0.4, 0.5) is 5.69 Å². The van der Waals surface area contributed by atoms with Gasteiger partial charge < -0.3 is 19.5 Å². The third kappa shape index (κ3) is 4.23. The van der Waals surface area contributed by atoms with E-state index in [0.717, 1.165) is 28.1 Å². The zero-order valence-corrected chi connectivity index (χ0v) is 17.1. The molecule has 1 fully saturated rings. The van der Waals surface area contributed by atoms with Crippen LogP contribution < -0.4 is 9.64 Å². The lowest BCUT2D eigenvalue weighted by atomic mass is 9.94. The van der Waals surface area contributed by atoms with Gasteiger partial charge in [0.15, 0.2) is 0 Å². The summed E-state index contributed by atoms with van der Waals surface area (Å²) in [6.07, 6.45) is 0.0139. The SMILES string of the molecule is COC(=O)c1cccc(N2CC(Oc3ccc(CO)cc3)C2)c1-c1cccc(C#N)c1. The molecule has 1 aliphatic heterocycles. The fourth-order valence-electron chi connectivity index (χ4n) is 3.71. The summed E-state index contributed by atoms with van der Waals surface area (Å²) in [5.74, 6) is 0.337. The summed E-state index contributed by atoms with van der Waals surface area (Å²) in [7, 11) is 1.36. The minimum Gasteiger partial charge on any atom is -0.487 e. The minimum atomic E-state index is -0.420. The van der Waals surface area contributed by atoms with Gasteiger partial charge in [0.2, 0.25) is 0 Å². The summed E-state index contributed by atoms with van der Waals surface area (Å²) in [6, 6.07) is 22.3. The zero-order valence-electron chi connectivity index (χ0n) is 17.1. The molecule has 31 heavy (non-hydrogen) atoms. The summed E-state index contributed by atoms with van der Waals surface area (Å²) in [6.45, 7) is 1.33. The highest BCUT2D eigenvalue weighted by Crippen LogP contribution is 2.37. The third-order valence-electron chi connectivity index (χ3n) is 5.33. The Morgan fingerprint density at radius 3 is 2.55 bits per heavy atom. The van der Waals surface area contributed by atoms with Crippen molar-refractivity contribution in [2.75, 3.05) is 25.1 Å². The van der Waals surface area contributed by atoms with Crippen LogP contribution in [0.1, 0.15) is 21.5 Å². The molecule has 3 aromatic rings. The maximum atomic E-state index is 12.5. The topological polar surface area (TPSA) is 82.8 Å². The van der Waals surface area contributed by atoms with E-state index in [2.05, 4.69) is 11.0 Å². The van der Waals surface area contributed by atoms with Gasteiger partial charge in [-0.3, -0.25) is 0 Å². The molecular weight excluding hydrogens is 392 g/mol. The fraction of sp³-hybridized carbons (Fsp3) is 0.200. The van der Waals surface area contributed by atoms with Crippen LogP contribution in [0, 0.1) is 11.3 Å². The summed E-state index contributed by atoms with van der Waals surface area (Å²) in [4.78, 5) is 14.6. The van der Waals surface area contributed by atoms with Crippen LogP contribution in [0.15, 0.2) is 66.7 Å². The van der Waals surface area contributed by atoms with E-state index >= 15 is 0 Å². The number of rotatable bonds is 6. The third-order valence-corrected chi connectivity index (χ3v) is 5.33. The first-order valence-electron chi connectivity index (χ1n) is 9.96. The molecule has 1 saturated heterocycles. The number of benzene rings is 3. The van der Waals surface area contributed by atoms with E-state index in [4.69, 9.17) is 14.6 Å². The standard InChI is InChI=1S/C25H22N2O4/c1-30-25(29)22-6-3-7-23(24(22)19-5-2-4-18(12-19)13-26)27-14-21(15-27)31-20-10-8-17(16-28)9-11-20/h2-12,21,28H,14-16H2,1H3. The van der Waals surface area contributed by atoms with Gasteiger partial charge >= 0.3 is 5.97 Å². The van der Waals surface area contributed by atoms with Crippen LogP contribution >= 0.6 is 0 Å². The second-order valence-electron chi connectivity index (χ2n) is 7.33. The lowest BCUT2D eigenvalue weighted by Crippen LogP contribution is -2.54. The van der Waals surface area contributed by atoms with Crippen molar-refractivity contribution in [2.45, 2.75) is 12.7 Å². The smallest absolute Gasteiger partial charge is 0.338 e. The number of aliphatic hydroxyl groups excluding tert-OH is 1. The van der Waals surface area contributed by atoms with Gasteiger partial charge in [-0.15, -0.1) is 0 Å². The molecule has 0 bridgehead atoms. The Kier molecular flexibility index (Phi) is 5.87. The van der Waals surface area contributed by atoms with Crippen LogP contribution in [-0.2, 0) is 11.3 Å². The van der Waals surface area contributed by atoms with E-state index in [-0.39, 0.29) is 12.7 Å². The Balaban J connectivity index is 1.60. The Bertz CT molecular complexity index is 1130. The number of ether oxygens (including phenoxy) is 2. The second-order valence-corrected chi connectivity index (χ2v) is 7.33. The van der Waals surface area contributed by atoms with Crippen molar-refractivity contribution in [3.8, 4) is 22.9 Å². The summed E-state index contributed by atoms with van der Waals surface area (Å²) in [5, 5.41) is 18.5. The molecule has 1 N–H and O–H groups in total. The quantitative estimate of drug-likeness (QED) is 0.618. The van der Waals surface area contributed by atoms with Crippen molar-refractivity contribution < 1.29 is 19.4 Å². The number of methoxy groups -OCH3 is 1. The molecule has 0 aromatic heterocycles. The number of anilines is 1. The largest absolute Gasteiger partial charge is 0.487 e. The van der Waals surface area contributed by atoms with E-state index in [1.165, 1.54) is 7.11 Å². The number of carbonyl (C=O) groups excluding carboxylic acids is 1. The van der Waals surface area contributed by atoms with Crippen molar-refractivity contribution in [1.82, 2.24) is 0 Å². The number of nitrogens with zero attached hydrogens (tertiary/aromatic N) is 2. The van der Waals surface area contributed by atoms with Gasteiger partial charge in [-0.1, -0.05) is 30.3 Å². The van der Waals surface area contributed by atoms with Crippen molar-refractivity contribution in [2.24, 2.45) is 0 Å². The van der Waals surface area contributed by atoms with E-state index in [1.54, 1.807) is 18.2 Å². The van der Waals surface area contributed by atoms with Gasteiger partial charge in [0, 0.05) is 11.3 Å². The summed E-state index contributed by atoms with van der Waals surface area (Å²) >= 11 is 0. The molecule has 0 aliphatic carbocycles. The molecule has 0 saturated carbocycles. The monoisotopic (exact) mass is 414 g/mol. The second kappa shape index (κ2) is 8.90. The summed E-state index contributed by atoms with van der Waals surface area (Å²) < 4.78 is 11.0. The molecule has 6 nitrogen and oxygen atoms in total. The molecule has 0 spiro atoms. The van der Waals surface area contributed by atoms with Gasteiger partial charge in [0.25, 0.3) is 0 Å². The van der Waals surface area contributed by atoms with Crippen molar-refractivity contribution in [1.29, 1.82) is 5.26 Å². The zero-order chi connectivity index (χ0) is 21.8. The number of hydrogen-bond acceptors (Lipinski definition) is 6. The highest BCUT2D eigenvalue weighted by atomic mass is 16.5. The van der Waals surface area contributed by atoms with Gasteiger partial charge in [-0.05, 0) is 47.5 Å². The molecule has 1 heterocycles. The Morgan fingerprint density at radius 1 is 1.13 bits per heavy atom. The van der Waals surface area contributed by atoms with Gasteiger partial charge in [0.1, 0.15) is 11.9 Å². The van der Waals surface area contributed by atoms with Crippen molar-refractivity contribution in [3.63, 3.8) is 0 Å². The van der Waals surface area contributed by atoms with Gasteiger partial charge in [-0.2, -0.15) is 5.26 Å². The Morgan fingerprint density at radius 2 is 1.87 bits per heavy atom. The van der Waals surface area contributed by atoms with Crippen LogP contribution in [-0.4, -0.2) is 37.4 Å². The maximum Gasteiger partial charge on any atom is 0.338 e. The number of esters is 1. The molecule has 4 rings (SSSR count). The minimum absolute atomic E-state index is 0.00377. The first-order chi connectivity index (χ1) is 15.1. The average molecular weight is 414 g/mol. The van der Waals surface area contributed by atoms with Gasteiger partial charge in [0.05, 0.1) is 44.0 Å². The Labute approximate surface area is 180 Å². The van der Waals surface area contributed by atoms with E-state index < -0.39 is 5.97 Å². The van der Waals surface area contributed by atoms with E-state index in [0.29, 0.717) is 24.2 Å². The molecule has 0 amide bonds.